The lowest BCUT2D eigenvalue weighted by Gasteiger charge is -2.05. The average molecular weight is 344 g/mol. The van der Waals surface area contributed by atoms with Crippen LogP contribution in [0.1, 0.15) is 10.4 Å². The number of aromatic amines is 1. The third-order valence-electron chi connectivity index (χ3n) is 2.94. The number of aromatic nitrogens is 2. The molecule has 1 heterocycles. The number of rotatable bonds is 2. The summed E-state index contributed by atoms with van der Waals surface area (Å²) in [6, 6.07) is 13.9. The molecule has 0 saturated heterocycles. The highest BCUT2D eigenvalue weighted by atomic mass is 79.9. The van der Waals surface area contributed by atoms with E-state index in [1.807, 2.05) is 6.07 Å². The summed E-state index contributed by atoms with van der Waals surface area (Å²) in [5.74, 6) is -0.195. The van der Waals surface area contributed by atoms with Crippen LogP contribution in [0.15, 0.2) is 57.8 Å². The van der Waals surface area contributed by atoms with Gasteiger partial charge in [0.15, 0.2) is 0 Å². The zero-order valence-corrected chi connectivity index (χ0v) is 12.3. The van der Waals surface area contributed by atoms with E-state index in [1.165, 1.54) is 0 Å². The number of benzene rings is 2. The molecule has 21 heavy (non-hydrogen) atoms. The van der Waals surface area contributed by atoms with Gasteiger partial charge in [-0.15, -0.1) is 0 Å². The number of amides is 1. The summed E-state index contributed by atoms with van der Waals surface area (Å²) in [5.41, 5.74) is 0.714. The van der Waals surface area contributed by atoms with Crippen molar-refractivity contribution >= 4 is 38.7 Å². The Labute approximate surface area is 128 Å². The molecule has 6 heteroatoms. The highest BCUT2D eigenvalue weighted by Gasteiger charge is 2.09. The second-order valence-electron chi connectivity index (χ2n) is 4.40. The molecule has 104 valence electrons. The molecule has 1 amide bonds. The average Bonchev–Trinajstić information content (AvgIpc) is 2.49. The van der Waals surface area contributed by atoms with E-state index in [1.54, 1.807) is 42.5 Å². The molecule has 2 aromatic carbocycles. The molecular weight excluding hydrogens is 334 g/mol. The van der Waals surface area contributed by atoms with Crippen LogP contribution in [-0.2, 0) is 0 Å². The van der Waals surface area contributed by atoms with Crippen molar-refractivity contribution in [3.63, 3.8) is 0 Å². The third-order valence-corrected chi connectivity index (χ3v) is 3.43. The summed E-state index contributed by atoms with van der Waals surface area (Å²) in [4.78, 5) is 30.8. The van der Waals surface area contributed by atoms with Crippen molar-refractivity contribution in [3.05, 3.63) is 68.9 Å². The maximum absolute atomic E-state index is 12.0. The van der Waals surface area contributed by atoms with Crippen LogP contribution >= 0.6 is 15.9 Å². The first-order chi connectivity index (χ1) is 10.1. The van der Waals surface area contributed by atoms with Crippen LogP contribution in [0.2, 0.25) is 0 Å². The summed E-state index contributed by atoms with van der Waals surface area (Å²) in [6.07, 6.45) is 0. The maximum Gasteiger partial charge on any atom is 0.260 e. The van der Waals surface area contributed by atoms with Crippen LogP contribution in [-0.4, -0.2) is 15.9 Å². The second-order valence-corrected chi connectivity index (χ2v) is 5.31. The molecular formula is C15H10BrN3O2. The van der Waals surface area contributed by atoms with Gasteiger partial charge in [0.25, 0.3) is 11.5 Å². The highest BCUT2D eigenvalue weighted by Crippen LogP contribution is 2.16. The Bertz CT molecular complexity index is 875. The minimum Gasteiger partial charge on any atom is -0.292 e. The van der Waals surface area contributed by atoms with E-state index < -0.39 is 0 Å². The molecule has 1 aromatic heterocycles. The number of hydrogen-bond acceptors (Lipinski definition) is 3. The summed E-state index contributed by atoms with van der Waals surface area (Å²) in [6.45, 7) is 0. The number of anilines is 1. The molecule has 2 N–H and O–H groups in total. The number of nitrogens with zero attached hydrogens (tertiary/aromatic N) is 1. The van der Waals surface area contributed by atoms with E-state index >= 15 is 0 Å². The quantitative estimate of drug-likeness (QED) is 0.751. The molecule has 0 aliphatic heterocycles. The van der Waals surface area contributed by atoms with E-state index in [4.69, 9.17) is 0 Å². The van der Waals surface area contributed by atoms with E-state index in [9.17, 15) is 9.59 Å². The minimum absolute atomic E-state index is 0.128. The number of fused-ring (bicyclic) bond motifs is 1. The van der Waals surface area contributed by atoms with Gasteiger partial charge in [-0.25, -0.2) is 4.98 Å². The fraction of sp³-hybridized carbons (Fsp3) is 0. The van der Waals surface area contributed by atoms with Crippen molar-refractivity contribution in [1.29, 1.82) is 0 Å². The molecule has 0 bridgehead atoms. The smallest absolute Gasteiger partial charge is 0.260 e. The predicted molar refractivity (Wildman–Crippen MR) is 84.5 cm³/mol. The van der Waals surface area contributed by atoms with Gasteiger partial charge in [-0.1, -0.05) is 34.1 Å². The molecule has 0 fully saturated rings. The lowest BCUT2D eigenvalue weighted by Crippen LogP contribution is -2.18. The van der Waals surface area contributed by atoms with Crippen molar-refractivity contribution in [2.24, 2.45) is 0 Å². The van der Waals surface area contributed by atoms with Gasteiger partial charge >= 0.3 is 0 Å². The standard InChI is InChI=1S/C15H10BrN3O2/c16-10-6-7-12-11(8-10)14(21)19-15(17-12)18-13(20)9-4-2-1-3-5-9/h1-8H,(H2,17,18,19,20,21). The van der Waals surface area contributed by atoms with Gasteiger partial charge < -0.3 is 0 Å². The molecule has 0 spiro atoms. The Balaban J connectivity index is 1.97. The zero-order valence-electron chi connectivity index (χ0n) is 10.8. The molecule has 0 aliphatic carbocycles. The molecule has 0 aliphatic rings. The second kappa shape index (κ2) is 5.49. The van der Waals surface area contributed by atoms with Crippen molar-refractivity contribution in [3.8, 4) is 0 Å². The van der Waals surface area contributed by atoms with Crippen LogP contribution in [0.5, 0.6) is 0 Å². The van der Waals surface area contributed by atoms with Gasteiger partial charge in [0, 0.05) is 10.0 Å². The topological polar surface area (TPSA) is 74.8 Å². The Hall–Kier alpha value is -2.47. The lowest BCUT2D eigenvalue weighted by atomic mass is 10.2. The van der Waals surface area contributed by atoms with E-state index in [0.29, 0.717) is 16.5 Å². The number of carbonyl (C=O) groups excluding carboxylic acids is 1. The third kappa shape index (κ3) is 2.85. The molecule has 5 nitrogen and oxygen atoms in total. The molecule has 3 rings (SSSR count). The van der Waals surface area contributed by atoms with Crippen LogP contribution in [0.4, 0.5) is 5.95 Å². The molecule has 3 aromatic rings. The largest absolute Gasteiger partial charge is 0.292 e. The number of carbonyl (C=O) groups is 1. The first kappa shape index (κ1) is 13.5. The van der Waals surface area contributed by atoms with E-state index in [2.05, 4.69) is 31.2 Å². The fourth-order valence-corrected chi connectivity index (χ4v) is 2.30. The first-order valence-corrected chi connectivity index (χ1v) is 6.99. The zero-order chi connectivity index (χ0) is 14.8. The summed E-state index contributed by atoms with van der Waals surface area (Å²) in [7, 11) is 0. The Morgan fingerprint density at radius 2 is 1.90 bits per heavy atom. The van der Waals surface area contributed by atoms with E-state index in [-0.39, 0.29) is 17.4 Å². The van der Waals surface area contributed by atoms with Crippen LogP contribution in [0, 0.1) is 0 Å². The number of nitrogens with one attached hydrogen (secondary N) is 2. The lowest BCUT2D eigenvalue weighted by molar-refractivity contribution is 0.102. The summed E-state index contributed by atoms with van der Waals surface area (Å²) >= 11 is 3.31. The van der Waals surface area contributed by atoms with E-state index in [0.717, 1.165) is 4.47 Å². The Kier molecular flexibility index (Phi) is 3.53. The monoisotopic (exact) mass is 343 g/mol. The van der Waals surface area contributed by atoms with Crippen LogP contribution in [0.25, 0.3) is 10.9 Å². The first-order valence-electron chi connectivity index (χ1n) is 6.19. The van der Waals surface area contributed by atoms with Crippen LogP contribution in [0.3, 0.4) is 0 Å². The molecule has 0 radical (unpaired) electrons. The SMILES string of the molecule is O=C(Nc1nc2ccc(Br)cc2c(=O)[nH]1)c1ccccc1. The normalized spacial score (nSPS) is 10.5. The summed E-state index contributed by atoms with van der Waals surface area (Å²) in [5, 5.41) is 3.05. The summed E-state index contributed by atoms with van der Waals surface area (Å²) < 4.78 is 0.795. The van der Waals surface area contributed by atoms with Crippen LogP contribution < -0.4 is 10.9 Å². The maximum atomic E-state index is 12.0. The van der Waals surface area contributed by atoms with Crippen molar-refractivity contribution < 1.29 is 4.79 Å². The molecule has 0 saturated carbocycles. The van der Waals surface area contributed by atoms with Gasteiger partial charge in [-0.05, 0) is 30.3 Å². The van der Waals surface area contributed by atoms with Crippen molar-refractivity contribution in [1.82, 2.24) is 9.97 Å². The van der Waals surface area contributed by atoms with Gasteiger partial charge in [0.1, 0.15) is 0 Å². The predicted octanol–water partition coefficient (Wildman–Crippen LogP) is 2.94. The molecule has 0 unspecified atom stereocenters. The fourth-order valence-electron chi connectivity index (χ4n) is 1.94. The Morgan fingerprint density at radius 3 is 2.67 bits per heavy atom. The highest BCUT2D eigenvalue weighted by molar-refractivity contribution is 9.10. The van der Waals surface area contributed by atoms with Gasteiger partial charge in [-0.3, -0.25) is 19.9 Å². The Morgan fingerprint density at radius 1 is 1.14 bits per heavy atom. The number of H-pyrrole nitrogens is 1. The minimum atomic E-state index is -0.324. The number of halogens is 1. The van der Waals surface area contributed by atoms with Crippen molar-refractivity contribution in [2.75, 3.05) is 5.32 Å². The van der Waals surface area contributed by atoms with Crippen molar-refractivity contribution in [2.45, 2.75) is 0 Å². The number of hydrogen-bond donors (Lipinski definition) is 2. The van der Waals surface area contributed by atoms with Gasteiger partial charge in [-0.2, -0.15) is 0 Å². The van der Waals surface area contributed by atoms with Gasteiger partial charge in [0.2, 0.25) is 5.95 Å². The molecule has 0 atom stereocenters. The van der Waals surface area contributed by atoms with Gasteiger partial charge in [0.05, 0.1) is 10.9 Å².